The number of nitrogens with one attached hydrogen (secondary N) is 1. The van der Waals surface area contributed by atoms with Crippen molar-refractivity contribution in [2.75, 3.05) is 11.4 Å². The highest BCUT2D eigenvalue weighted by atomic mass is 16.2. The van der Waals surface area contributed by atoms with Crippen molar-refractivity contribution in [3.8, 4) is 0 Å². The smallest absolute Gasteiger partial charge is 0.223 e. The van der Waals surface area contributed by atoms with Crippen LogP contribution >= 0.6 is 0 Å². The quantitative estimate of drug-likeness (QED) is 0.888. The lowest BCUT2D eigenvalue weighted by molar-refractivity contribution is -0.121. The van der Waals surface area contributed by atoms with Crippen molar-refractivity contribution in [1.82, 2.24) is 10.3 Å². The zero-order valence-corrected chi connectivity index (χ0v) is 12.5. The van der Waals surface area contributed by atoms with Gasteiger partial charge in [0.05, 0.1) is 12.2 Å². The Kier molecular flexibility index (Phi) is 5.65. The van der Waals surface area contributed by atoms with Crippen LogP contribution in [0.15, 0.2) is 54.7 Å². The van der Waals surface area contributed by atoms with Gasteiger partial charge in [-0.3, -0.25) is 14.6 Å². The Balaban J connectivity index is 1.85. The molecule has 0 fully saturated rings. The van der Waals surface area contributed by atoms with E-state index in [9.17, 15) is 9.59 Å². The number of carbonyl (C=O) groups excluding carboxylic acids is 2. The molecule has 0 saturated heterocycles. The second-order valence-electron chi connectivity index (χ2n) is 4.85. The summed E-state index contributed by atoms with van der Waals surface area (Å²) in [6, 6.07) is 14.9. The highest BCUT2D eigenvalue weighted by molar-refractivity contribution is 5.92. The fourth-order valence-corrected chi connectivity index (χ4v) is 2.07. The van der Waals surface area contributed by atoms with Crippen molar-refractivity contribution < 1.29 is 9.59 Å². The summed E-state index contributed by atoms with van der Waals surface area (Å²) in [5, 5.41) is 2.81. The monoisotopic (exact) mass is 297 g/mol. The fourth-order valence-electron chi connectivity index (χ4n) is 2.07. The third kappa shape index (κ3) is 4.70. The molecular formula is C17H19N3O2. The number of benzene rings is 1. The largest absolute Gasteiger partial charge is 0.350 e. The van der Waals surface area contributed by atoms with Crippen molar-refractivity contribution in [3.63, 3.8) is 0 Å². The van der Waals surface area contributed by atoms with Gasteiger partial charge in [-0.05, 0) is 24.3 Å². The normalized spacial score (nSPS) is 10.0. The zero-order valence-electron chi connectivity index (χ0n) is 12.5. The lowest BCUT2D eigenvalue weighted by Gasteiger charge is -2.20. The van der Waals surface area contributed by atoms with Crippen LogP contribution in [-0.2, 0) is 16.1 Å². The van der Waals surface area contributed by atoms with Crippen LogP contribution < -0.4 is 10.2 Å². The fraction of sp³-hybridized carbons (Fsp3) is 0.235. The Morgan fingerprint density at radius 1 is 1.09 bits per heavy atom. The van der Waals surface area contributed by atoms with Gasteiger partial charge in [0.25, 0.3) is 0 Å². The molecule has 5 heteroatoms. The third-order valence-corrected chi connectivity index (χ3v) is 3.20. The van der Waals surface area contributed by atoms with Crippen molar-refractivity contribution in [1.29, 1.82) is 0 Å². The summed E-state index contributed by atoms with van der Waals surface area (Å²) < 4.78 is 0. The summed E-state index contributed by atoms with van der Waals surface area (Å²) in [4.78, 5) is 29.4. The minimum atomic E-state index is -0.104. The SMILES string of the molecule is CC(=O)N(CCC(=O)NCc1ccccn1)c1ccccc1. The Morgan fingerprint density at radius 3 is 2.45 bits per heavy atom. The van der Waals surface area contributed by atoms with Crippen molar-refractivity contribution in [2.45, 2.75) is 19.9 Å². The van der Waals surface area contributed by atoms with Crippen molar-refractivity contribution in [3.05, 3.63) is 60.4 Å². The van der Waals surface area contributed by atoms with Gasteiger partial charge < -0.3 is 10.2 Å². The number of anilines is 1. The van der Waals surface area contributed by atoms with E-state index in [0.29, 0.717) is 13.1 Å². The first-order valence-corrected chi connectivity index (χ1v) is 7.16. The summed E-state index contributed by atoms with van der Waals surface area (Å²) in [6.45, 7) is 2.25. The number of aromatic nitrogens is 1. The van der Waals surface area contributed by atoms with Crippen LogP contribution in [0.2, 0.25) is 0 Å². The summed E-state index contributed by atoms with van der Waals surface area (Å²) in [6.07, 6.45) is 1.94. The molecule has 22 heavy (non-hydrogen) atoms. The van der Waals surface area contributed by atoms with E-state index in [0.717, 1.165) is 11.4 Å². The predicted octanol–water partition coefficient (Wildman–Crippen LogP) is 2.14. The lowest BCUT2D eigenvalue weighted by atomic mass is 10.2. The molecular weight excluding hydrogens is 278 g/mol. The average molecular weight is 297 g/mol. The predicted molar refractivity (Wildman–Crippen MR) is 85.2 cm³/mol. The first-order valence-electron chi connectivity index (χ1n) is 7.16. The summed E-state index contributed by atoms with van der Waals surface area (Å²) in [7, 11) is 0. The van der Waals surface area contributed by atoms with Crippen LogP contribution in [0.25, 0.3) is 0 Å². The lowest BCUT2D eigenvalue weighted by Crippen LogP contribution is -2.33. The number of nitrogens with zero attached hydrogens (tertiary/aromatic N) is 2. The molecule has 1 aromatic heterocycles. The summed E-state index contributed by atoms with van der Waals surface area (Å²) >= 11 is 0. The number of carbonyl (C=O) groups is 2. The maximum atomic E-state index is 11.9. The molecule has 0 atom stereocenters. The molecule has 1 aromatic carbocycles. The molecule has 0 aliphatic rings. The third-order valence-electron chi connectivity index (χ3n) is 3.20. The van der Waals surface area contributed by atoms with Gasteiger partial charge in [-0.25, -0.2) is 0 Å². The summed E-state index contributed by atoms with van der Waals surface area (Å²) in [5.74, 6) is -0.184. The first-order chi connectivity index (χ1) is 10.7. The molecule has 0 aliphatic heterocycles. The molecule has 0 spiro atoms. The van der Waals surface area contributed by atoms with E-state index in [4.69, 9.17) is 0 Å². The van der Waals surface area contributed by atoms with Crippen molar-refractivity contribution >= 4 is 17.5 Å². The standard InChI is InChI=1S/C17H19N3O2/c1-14(21)20(16-8-3-2-4-9-16)12-10-17(22)19-13-15-7-5-6-11-18-15/h2-9,11H,10,12-13H2,1H3,(H,19,22). The van der Waals surface area contributed by atoms with Crippen LogP contribution in [0.5, 0.6) is 0 Å². The van der Waals surface area contributed by atoms with Gasteiger partial charge in [-0.1, -0.05) is 24.3 Å². The first kappa shape index (κ1) is 15.7. The minimum Gasteiger partial charge on any atom is -0.350 e. The van der Waals surface area contributed by atoms with Crippen LogP contribution in [0.1, 0.15) is 19.0 Å². The number of hydrogen-bond donors (Lipinski definition) is 1. The Bertz CT molecular complexity index is 614. The minimum absolute atomic E-state index is 0.0799. The Morgan fingerprint density at radius 2 is 1.82 bits per heavy atom. The molecule has 0 aliphatic carbocycles. The molecule has 0 unspecified atom stereocenters. The molecule has 2 aromatic rings. The Labute approximate surface area is 130 Å². The van der Waals surface area contributed by atoms with E-state index < -0.39 is 0 Å². The topological polar surface area (TPSA) is 62.3 Å². The average Bonchev–Trinajstić information content (AvgIpc) is 2.55. The van der Waals surface area contributed by atoms with Gasteiger partial charge in [0.15, 0.2) is 0 Å². The highest BCUT2D eigenvalue weighted by Gasteiger charge is 2.12. The van der Waals surface area contributed by atoms with E-state index in [-0.39, 0.29) is 18.2 Å². The van der Waals surface area contributed by atoms with E-state index in [1.165, 1.54) is 6.92 Å². The van der Waals surface area contributed by atoms with E-state index in [1.807, 2.05) is 48.5 Å². The van der Waals surface area contributed by atoms with Gasteiger partial charge in [0.1, 0.15) is 0 Å². The maximum absolute atomic E-state index is 11.9. The van der Waals surface area contributed by atoms with Gasteiger partial charge >= 0.3 is 0 Å². The van der Waals surface area contributed by atoms with Gasteiger partial charge in [0, 0.05) is 31.8 Å². The molecule has 2 rings (SSSR count). The second kappa shape index (κ2) is 7.93. The number of pyridine rings is 1. The zero-order chi connectivity index (χ0) is 15.8. The molecule has 1 N–H and O–H groups in total. The van der Waals surface area contributed by atoms with Gasteiger partial charge in [-0.15, -0.1) is 0 Å². The van der Waals surface area contributed by atoms with Crippen LogP contribution in [0.3, 0.4) is 0 Å². The molecule has 5 nitrogen and oxygen atoms in total. The summed E-state index contributed by atoms with van der Waals surface area (Å²) in [5.41, 5.74) is 1.61. The maximum Gasteiger partial charge on any atom is 0.223 e. The van der Waals surface area contributed by atoms with Crippen LogP contribution in [0, 0.1) is 0 Å². The van der Waals surface area contributed by atoms with E-state index >= 15 is 0 Å². The molecule has 0 radical (unpaired) electrons. The van der Waals surface area contributed by atoms with Crippen LogP contribution in [-0.4, -0.2) is 23.3 Å². The molecule has 2 amide bonds. The number of para-hydroxylation sites is 1. The van der Waals surface area contributed by atoms with Crippen molar-refractivity contribution in [2.24, 2.45) is 0 Å². The number of rotatable bonds is 6. The number of amides is 2. The van der Waals surface area contributed by atoms with Gasteiger partial charge in [-0.2, -0.15) is 0 Å². The Hall–Kier alpha value is -2.69. The number of hydrogen-bond acceptors (Lipinski definition) is 3. The molecule has 0 bridgehead atoms. The second-order valence-corrected chi connectivity index (χ2v) is 4.85. The van der Waals surface area contributed by atoms with Gasteiger partial charge in [0.2, 0.25) is 11.8 Å². The molecule has 1 heterocycles. The highest BCUT2D eigenvalue weighted by Crippen LogP contribution is 2.13. The van der Waals surface area contributed by atoms with E-state index in [1.54, 1.807) is 11.1 Å². The van der Waals surface area contributed by atoms with E-state index in [2.05, 4.69) is 10.3 Å². The molecule has 0 saturated carbocycles. The van der Waals surface area contributed by atoms with Crippen LogP contribution in [0.4, 0.5) is 5.69 Å². The molecule has 114 valence electrons.